The largest absolute Gasteiger partial charge is 0.345 e. The number of thiocarbonyl (C=S) groups is 1. The maximum Gasteiger partial charge on any atom is 0.224 e. The van der Waals surface area contributed by atoms with Crippen LogP contribution in [0, 0.1) is 13.8 Å². The highest BCUT2D eigenvalue weighted by atomic mass is 32.2. The maximum atomic E-state index is 12.7. The van der Waals surface area contributed by atoms with Gasteiger partial charge in [-0.25, -0.2) is 13.6 Å². The average molecular weight is 413 g/mol. The Kier molecular flexibility index (Phi) is 5.32. The van der Waals surface area contributed by atoms with Gasteiger partial charge in [0.15, 0.2) is 0 Å². The van der Waals surface area contributed by atoms with Crippen molar-refractivity contribution in [1.82, 2.24) is 4.57 Å². The van der Waals surface area contributed by atoms with E-state index in [0.717, 1.165) is 22.4 Å². The number of aryl methyl sites for hydroxylation is 2. The molecule has 1 unspecified atom stereocenters. The first kappa shape index (κ1) is 20.5. The quantitative estimate of drug-likeness (QED) is 0.510. The van der Waals surface area contributed by atoms with Crippen LogP contribution in [-0.4, -0.2) is 17.8 Å². The summed E-state index contributed by atoms with van der Waals surface area (Å²) in [6.07, 6.45) is 0. The normalized spacial score (nSPS) is 13.9. The minimum absolute atomic E-state index is 0.586. The minimum atomic E-state index is -3.96. The summed E-state index contributed by atoms with van der Waals surface area (Å²) in [5.41, 5.74) is 5.01. The van der Waals surface area contributed by atoms with E-state index in [2.05, 4.69) is 0 Å². The molecule has 0 aliphatic rings. The summed E-state index contributed by atoms with van der Waals surface area (Å²) in [6, 6.07) is 18.9. The third kappa shape index (κ3) is 3.32. The van der Waals surface area contributed by atoms with E-state index in [1.54, 1.807) is 19.1 Å². The van der Waals surface area contributed by atoms with E-state index >= 15 is 0 Å². The third-order valence-corrected chi connectivity index (χ3v) is 7.35. The first-order valence-electron chi connectivity index (χ1n) is 8.93. The molecule has 6 heteroatoms. The number of benzene rings is 2. The number of hydrogen-bond acceptors (Lipinski definition) is 3. The number of sulfonamides is 1. The lowest BCUT2D eigenvalue weighted by Gasteiger charge is -2.29. The molecular formula is C22H24N2O2S2. The van der Waals surface area contributed by atoms with Crippen molar-refractivity contribution in [2.24, 2.45) is 12.2 Å². The molecule has 1 heterocycles. The van der Waals surface area contributed by atoms with Gasteiger partial charge in [0, 0.05) is 12.7 Å². The van der Waals surface area contributed by atoms with Crippen LogP contribution in [0.1, 0.15) is 40.6 Å². The molecule has 3 rings (SSSR count). The molecule has 0 bridgehead atoms. The van der Waals surface area contributed by atoms with E-state index in [9.17, 15) is 8.42 Å². The molecule has 2 N–H and O–H groups in total. The Morgan fingerprint density at radius 3 is 2.14 bits per heavy atom. The van der Waals surface area contributed by atoms with Crippen LogP contribution >= 0.6 is 12.2 Å². The lowest BCUT2D eigenvalue weighted by molar-refractivity contribution is 0.556. The zero-order valence-electron chi connectivity index (χ0n) is 16.4. The molecule has 28 heavy (non-hydrogen) atoms. The van der Waals surface area contributed by atoms with Gasteiger partial charge in [-0.15, -0.1) is 0 Å². The first-order valence-corrected chi connectivity index (χ1v) is 10.9. The van der Waals surface area contributed by atoms with Crippen molar-refractivity contribution in [3.8, 4) is 0 Å². The molecule has 0 fully saturated rings. The molecule has 0 spiro atoms. The number of aromatic nitrogens is 1. The first-order chi connectivity index (χ1) is 13.1. The van der Waals surface area contributed by atoms with E-state index < -0.39 is 14.8 Å². The minimum Gasteiger partial charge on any atom is -0.345 e. The van der Waals surface area contributed by atoms with E-state index in [1.165, 1.54) is 0 Å². The van der Waals surface area contributed by atoms with Gasteiger partial charge in [-0.3, -0.25) is 0 Å². The highest BCUT2D eigenvalue weighted by Crippen LogP contribution is 2.38. The smallest absolute Gasteiger partial charge is 0.224 e. The van der Waals surface area contributed by atoms with Crippen LogP contribution < -0.4 is 5.14 Å². The molecule has 1 atom stereocenters. The van der Waals surface area contributed by atoms with Crippen molar-refractivity contribution in [2.75, 3.05) is 0 Å². The monoisotopic (exact) mass is 412 g/mol. The van der Waals surface area contributed by atoms with Gasteiger partial charge >= 0.3 is 0 Å². The molecule has 0 radical (unpaired) electrons. The second-order valence-corrected chi connectivity index (χ2v) is 9.57. The van der Waals surface area contributed by atoms with Gasteiger partial charge in [-0.2, -0.15) is 0 Å². The number of nitrogens with two attached hydrogens (primary N) is 1. The number of nitrogens with zero attached hydrogens (tertiary/aromatic N) is 1. The van der Waals surface area contributed by atoms with Crippen molar-refractivity contribution in [2.45, 2.75) is 25.5 Å². The molecule has 1 aromatic heterocycles. The van der Waals surface area contributed by atoms with Crippen LogP contribution in [0.2, 0.25) is 0 Å². The Labute approximate surface area is 172 Å². The predicted octanol–water partition coefficient (Wildman–Crippen LogP) is 3.96. The summed E-state index contributed by atoms with van der Waals surface area (Å²) in [4.78, 5) is 0.677. The van der Waals surface area contributed by atoms with Crippen LogP contribution in [0.4, 0.5) is 0 Å². The fraction of sp³-hybridized carbons (Fsp3) is 0.227. The molecule has 0 aliphatic carbocycles. The Morgan fingerprint density at radius 2 is 1.61 bits per heavy atom. The fourth-order valence-electron chi connectivity index (χ4n) is 3.60. The molecule has 0 amide bonds. The summed E-state index contributed by atoms with van der Waals surface area (Å²) in [6.45, 7) is 5.61. The van der Waals surface area contributed by atoms with Gasteiger partial charge in [0.1, 0.15) is 4.75 Å². The topological polar surface area (TPSA) is 65.1 Å². The van der Waals surface area contributed by atoms with E-state index in [-0.39, 0.29) is 0 Å². The van der Waals surface area contributed by atoms with Gasteiger partial charge < -0.3 is 4.57 Å². The van der Waals surface area contributed by atoms with Crippen molar-refractivity contribution in [3.63, 3.8) is 0 Å². The third-order valence-electron chi connectivity index (χ3n) is 5.33. The van der Waals surface area contributed by atoms with Gasteiger partial charge in [-0.05, 0) is 43.5 Å². The lowest BCUT2D eigenvalue weighted by atomic mass is 9.96. The summed E-state index contributed by atoms with van der Waals surface area (Å²) >= 11 is 5.75. The standard InChI is InChI=1S/C22H24N2O2S2/c1-15-10-12-17(13-11-15)21(27)20-16(2)14-19(24(20)4)22(3,28(23,25)26)18-8-6-5-7-9-18/h5-14H,1-4H3,(H2,23,25,26). The van der Waals surface area contributed by atoms with Crippen LogP contribution in [0.5, 0.6) is 0 Å². The Morgan fingerprint density at radius 1 is 1.04 bits per heavy atom. The molecule has 0 saturated heterocycles. The molecule has 3 aromatic rings. The van der Waals surface area contributed by atoms with E-state index in [1.807, 2.05) is 74.0 Å². The van der Waals surface area contributed by atoms with Crippen LogP contribution in [0.15, 0.2) is 60.7 Å². The van der Waals surface area contributed by atoms with Gasteiger partial charge in [0.25, 0.3) is 0 Å². The van der Waals surface area contributed by atoms with Gasteiger partial charge in [0.05, 0.1) is 10.6 Å². The SMILES string of the molecule is Cc1ccc(C(=S)c2c(C)cc(C(C)(c3ccccc3)S(N)(=O)=O)n2C)cc1. The zero-order chi connectivity index (χ0) is 20.7. The second kappa shape index (κ2) is 7.28. The Hall–Kier alpha value is -2.28. The van der Waals surface area contributed by atoms with Gasteiger partial charge in [0.2, 0.25) is 10.0 Å². The number of primary sulfonamides is 1. The zero-order valence-corrected chi connectivity index (χ0v) is 18.1. The summed E-state index contributed by atoms with van der Waals surface area (Å²) in [5, 5.41) is 5.74. The molecule has 4 nitrogen and oxygen atoms in total. The van der Waals surface area contributed by atoms with Crippen molar-refractivity contribution in [3.05, 3.63) is 94.3 Å². The fourth-order valence-corrected chi connectivity index (χ4v) is 4.99. The highest BCUT2D eigenvalue weighted by Gasteiger charge is 2.43. The summed E-state index contributed by atoms with van der Waals surface area (Å²) < 4.78 is 25.9. The average Bonchev–Trinajstić information content (AvgIpc) is 2.95. The number of rotatable bonds is 5. The summed E-state index contributed by atoms with van der Waals surface area (Å²) in [5.74, 6) is 0. The molecule has 146 valence electrons. The van der Waals surface area contributed by atoms with Crippen molar-refractivity contribution >= 4 is 27.1 Å². The molecular weight excluding hydrogens is 388 g/mol. The second-order valence-electron chi connectivity index (χ2n) is 7.26. The van der Waals surface area contributed by atoms with E-state index in [4.69, 9.17) is 17.4 Å². The number of hydrogen-bond donors (Lipinski definition) is 1. The van der Waals surface area contributed by atoms with Crippen LogP contribution in [0.25, 0.3) is 0 Å². The van der Waals surface area contributed by atoms with Crippen LogP contribution in [-0.2, 0) is 21.8 Å². The molecule has 0 aliphatic heterocycles. The summed E-state index contributed by atoms with van der Waals surface area (Å²) in [7, 11) is -2.12. The maximum absolute atomic E-state index is 12.7. The van der Waals surface area contributed by atoms with Crippen molar-refractivity contribution < 1.29 is 8.42 Å². The van der Waals surface area contributed by atoms with Crippen molar-refractivity contribution in [1.29, 1.82) is 0 Å². The van der Waals surface area contributed by atoms with Crippen LogP contribution in [0.3, 0.4) is 0 Å². The molecule has 2 aromatic carbocycles. The predicted molar refractivity (Wildman–Crippen MR) is 118 cm³/mol. The van der Waals surface area contributed by atoms with Gasteiger partial charge in [-0.1, -0.05) is 72.4 Å². The highest BCUT2D eigenvalue weighted by molar-refractivity contribution is 7.90. The molecule has 0 saturated carbocycles. The Bertz CT molecular complexity index is 1130. The lowest BCUT2D eigenvalue weighted by Crippen LogP contribution is -2.40. The Balaban J connectivity index is 2.22. The van der Waals surface area contributed by atoms with E-state index in [0.29, 0.717) is 16.1 Å².